The van der Waals surface area contributed by atoms with E-state index in [2.05, 4.69) is 20.8 Å². The summed E-state index contributed by atoms with van der Waals surface area (Å²) in [7, 11) is 0. The molecule has 0 radical (unpaired) electrons. The molecule has 0 saturated heterocycles. The third-order valence-corrected chi connectivity index (χ3v) is 3.96. The van der Waals surface area contributed by atoms with Crippen LogP contribution < -0.4 is 15.4 Å². The minimum absolute atomic E-state index is 0.238. The molecule has 8 nitrogen and oxygen atoms in total. The second kappa shape index (κ2) is 6.32. The molecule has 0 fully saturated rings. The van der Waals surface area contributed by atoms with Crippen molar-refractivity contribution >= 4 is 23.2 Å². The van der Waals surface area contributed by atoms with Crippen molar-refractivity contribution in [3.8, 4) is 11.4 Å². The fraction of sp³-hybridized carbons (Fsp3) is 0.111. The van der Waals surface area contributed by atoms with Gasteiger partial charge in [0.1, 0.15) is 0 Å². The van der Waals surface area contributed by atoms with Crippen molar-refractivity contribution in [2.75, 3.05) is 10.6 Å². The smallest absolute Gasteiger partial charge is 0.265 e. The van der Waals surface area contributed by atoms with Crippen LogP contribution in [0.5, 0.6) is 5.75 Å². The van der Waals surface area contributed by atoms with Crippen molar-refractivity contribution in [2.24, 2.45) is 0 Å². The van der Waals surface area contributed by atoms with Gasteiger partial charge in [-0.2, -0.15) is 15.0 Å². The van der Waals surface area contributed by atoms with Gasteiger partial charge in [-0.15, -0.1) is 0 Å². The van der Waals surface area contributed by atoms with Crippen LogP contribution in [0.3, 0.4) is 0 Å². The fourth-order valence-electron chi connectivity index (χ4n) is 2.63. The van der Waals surface area contributed by atoms with E-state index in [-0.39, 0.29) is 11.8 Å². The van der Waals surface area contributed by atoms with Crippen molar-refractivity contribution in [1.82, 2.24) is 15.0 Å². The van der Waals surface area contributed by atoms with Crippen molar-refractivity contribution in [2.45, 2.75) is 13.0 Å². The lowest BCUT2D eigenvalue weighted by Gasteiger charge is -2.25. The van der Waals surface area contributed by atoms with Gasteiger partial charge in [0.25, 0.3) is 11.8 Å². The molecule has 1 aromatic heterocycles. The normalized spacial score (nSPS) is 15.6. The Labute approximate surface area is 148 Å². The van der Waals surface area contributed by atoms with Gasteiger partial charge in [0, 0.05) is 5.69 Å². The number of fused-ring (bicyclic) bond motifs is 1. The minimum atomic E-state index is -0.655. The molecule has 0 saturated carbocycles. The Hall–Kier alpha value is -3.68. The molecule has 2 heterocycles. The SMILES string of the molecule is C[C@H]1Oc2c(cccc2C(=O)Nc2ccc(-n3nccn3)cc2)NC1=O. The maximum absolute atomic E-state index is 12.7. The zero-order valence-electron chi connectivity index (χ0n) is 13.8. The zero-order valence-corrected chi connectivity index (χ0v) is 13.8. The standard InChI is InChI=1S/C18H15N5O3/c1-11-17(24)22-15-4-2-3-14(16(15)26-11)18(25)21-12-5-7-13(8-6-12)23-19-9-10-20-23/h2-11H,1H3,(H,21,25)(H,22,24)/t11-/m1/s1. The molecule has 4 rings (SSSR count). The lowest BCUT2D eigenvalue weighted by atomic mass is 10.1. The predicted molar refractivity (Wildman–Crippen MR) is 94.5 cm³/mol. The van der Waals surface area contributed by atoms with Gasteiger partial charge in [-0.3, -0.25) is 9.59 Å². The number of carbonyl (C=O) groups excluding carboxylic acids is 2. The van der Waals surface area contributed by atoms with Crippen molar-refractivity contribution < 1.29 is 14.3 Å². The Kier molecular flexibility index (Phi) is 3.85. The van der Waals surface area contributed by atoms with E-state index in [1.807, 2.05) is 0 Å². The minimum Gasteiger partial charge on any atom is -0.478 e. The summed E-state index contributed by atoms with van der Waals surface area (Å²) in [5, 5.41) is 13.7. The Morgan fingerprint density at radius 3 is 2.62 bits per heavy atom. The molecule has 0 unspecified atom stereocenters. The number of para-hydroxylation sites is 1. The molecule has 1 aliphatic heterocycles. The molecule has 0 aliphatic carbocycles. The number of nitrogens with one attached hydrogen (secondary N) is 2. The van der Waals surface area contributed by atoms with E-state index in [1.54, 1.807) is 61.8 Å². The van der Waals surface area contributed by atoms with Gasteiger partial charge in [0.2, 0.25) is 0 Å². The first-order chi connectivity index (χ1) is 12.6. The van der Waals surface area contributed by atoms with E-state index >= 15 is 0 Å². The summed E-state index contributed by atoms with van der Waals surface area (Å²) in [4.78, 5) is 25.8. The molecule has 1 aliphatic rings. The number of benzene rings is 2. The highest BCUT2D eigenvalue weighted by atomic mass is 16.5. The zero-order chi connectivity index (χ0) is 18.1. The van der Waals surface area contributed by atoms with Crippen LogP contribution in [0.15, 0.2) is 54.9 Å². The van der Waals surface area contributed by atoms with Crippen LogP contribution in [-0.2, 0) is 4.79 Å². The molecule has 0 spiro atoms. The number of hydrogen-bond donors (Lipinski definition) is 2. The first-order valence-corrected chi connectivity index (χ1v) is 8.00. The number of aromatic nitrogens is 3. The Balaban J connectivity index is 1.56. The second-order valence-electron chi connectivity index (χ2n) is 5.75. The van der Waals surface area contributed by atoms with Crippen molar-refractivity contribution in [1.29, 1.82) is 0 Å². The lowest BCUT2D eigenvalue weighted by molar-refractivity contribution is -0.122. The second-order valence-corrected chi connectivity index (χ2v) is 5.75. The maximum atomic E-state index is 12.7. The van der Waals surface area contributed by atoms with Crippen LogP contribution in [0.4, 0.5) is 11.4 Å². The predicted octanol–water partition coefficient (Wildman–Crippen LogP) is 2.24. The highest BCUT2D eigenvalue weighted by molar-refractivity contribution is 6.09. The highest BCUT2D eigenvalue weighted by Crippen LogP contribution is 2.33. The Morgan fingerprint density at radius 2 is 1.88 bits per heavy atom. The topological polar surface area (TPSA) is 98.1 Å². The van der Waals surface area contributed by atoms with Crippen molar-refractivity contribution in [3.05, 3.63) is 60.4 Å². The number of rotatable bonds is 3. The summed E-state index contributed by atoms with van der Waals surface area (Å²) < 4.78 is 5.61. The van der Waals surface area contributed by atoms with Crippen LogP contribution in [0.2, 0.25) is 0 Å². The molecule has 26 heavy (non-hydrogen) atoms. The van der Waals surface area contributed by atoms with Gasteiger partial charge >= 0.3 is 0 Å². The number of ether oxygens (including phenoxy) is 1. The third-order valence-electron chi connectivity index (χ3n) is 3.96. The first-order valence-electron chi connectivity index (χ1n) is 8.00. The molecule has 1 atom stereocenters. The van der Waals surface area contributed by atoms with Crippen LogP contribution in [-0.4, -0.2) is 32.9 Å². The molecule has 2 N–H and O–H groups in total. The van der Waals surface area contributed by atoms with Gasteiger partial charge in [-0.1, -0.05) is 6.07 Å². The van der Waals surface area contributed by atoms with Crippen LogP contribution in [0.25, 0.3) is 5.69 Å². The van der Waals surface area contributed by atoms with Crippen molar-refractivity contribution in [3.63, 3.8) is 0 Å². The van der Waals surface area contributed by atoms with Gasteiger partial charge in [0.05, 0.1) is 29.3 Å². The number of carbonyl (C=O) groups is 2. The summed E-state index contributed by atoms with van der Waals surface area (Å²) in [6.07, 6.45) is 2.53. The summed E-state index contributed by atoms with van der Waals surface area (Å²) in [5.41, 5.74) is 2.24. The number of hydrogen-bond acceptors (Lipinski definition) is 5. The number of amides is 2. The van der Waals surface area contributed by atoms with Crippen LogP contribution in [0.1, 0.15) is 17.3 Å². The summed E-state index contributed by atoms with van der Waals surface area (Å²) in [5.74, 6) is -0.192. The summed E-state index contributed by atoms with van der Waals surface area (Å²) in [6, 6.07) is 12.2. The quantitative estimate of drug-likeness (QED) is 0.756. The number of nitrogens with zero attached hydrogens (tertiary/aromatic N) is 3. The van der Waals surface area contributed by atoms with E-state index in [1.165, 1.54) is 4.80 Å². The lowest BCUT2D eigenvalue weighted by Crippen LogP contribution is -2.35. The molecule has 8 heteroatoms. The molecule has 3 aromatic rings. The van der Waals surface area contributed by atoms with E-state index < -0.39 is 6.10 Å². The largest absolute Gasteiger partial charge is 0.478 e. The Morgan fingerprint density at radius 1 is 1.15 bits per heavy atom. The average Bonchev–Trinajstić information content (AvgIpc) is 3.17. The Bertz CT molecular complexity index is 967. The van der Waals surface area contributed by atoms with Gasteiger partial charge in [-0.05, 0) is 43.3 Å². The molecular weight excluding hydrogens is 334 g/mol. The van der Waals surface area contributed by atoms with E-state index in [9.17, 15) is 9.59 Å². The van der Waals surface area contributed by atoms with Gasteiger partial charge < -0.3 is 15.4 Å². The van der Waals surface area contributed by atoms with E-state index in [4.69, 9.17) is 4.74 Å². The molecule has 2 amide bonds. The van der Waals surface area contributed by atoms with Gasteiger partial charge in [0.15, 0.2) is 11.9 Å². The van der Waals surface area contributed by atoms with Crippen LogP contribution >= 0.6 is 0 Å². The molecular formula is C18H15N5O3. The number of anilines is 2. The molecule has 130 valence electrons. The molecule has 2 aromatic carbocycles. The average molecular weight is 349 g/mol. The van der Waals surface area contributed by atoms with E-state index in [0.717, 1.165) is 5.69 Å². The van der Waals surface area contributed by atoms with Crippen LogP contribution in [0, 0.1) is 0 Å². The fourth-order valence-corrected chi connectivity index (χ4v) is 2.63. The third kappa shape index (κ3) is 2.88. The maximum Gasteiger partial charge on any atom is 0.265 e. The first kappa shape index (κ1) is 15.8. The highest BCUT2D eigenvalue weighted by Gasteiger charge is 2.27. The molecule has 0 bridgehead atoms. The van der Waals surface area contributed by atoms with E-state index in [0.29, 0.717) is 22.7 Å². The summed E-state index contributed by atoms with van der Waals surface area (Å²) >= 11 is 0. The van der Waals surface area contributed by atoms with Gasteiger partial charge in [-0.25, -0.2) is 0 Å². The summed E-state index contributed by atoms with van der Waals surface area (Å²) in [6.45, 7) is 1.63. The monoisotopic (exact) mass is 349 g/mol.